The molecule has 4 nitrogen and oxygen atoms in total. The molecule has 19 heavy (non-hydrogen) atoms. The maximum absolute atomic E-state index is 11.1. The zero-order chi connectivity index (χ0) is 14.4. The zero-order valence-electron chi connectivity index (χ0n) is 11.8. The van der Waals surface area contributed by atoms with Crippen molar-refractivity contribution in [2.24, 2.45) is 0 Å². The Bertz CT molecular complexity index is 417. The van der Waals surface area contributed by atoms with Gasteiger partial charge in [0.1, 0.15) is 15.4 Å². The summed E-state index contributed by atoms with van der Waals surface area (Å²) in [5.41, 5.74) is -0.392. The zero-order valence-corrected chi connectivity index (χ0v) is 13.4. The first-order valence-electron chi connectivity index (χ1n) is 6.86. The summed E-state index contributed by atoms with van der Waals surface area (Å²) in [6, 6.07) is 2.45. The number of nitriles is 1. The molecule has 0 aromatic heterocycles. The Kier molecular flexibility index (Phi) is 6.64. The summed E-state index contributed by atoms with van der Waals surface area (Å²) in [5, 5.41) is 13.2. The number of hydrogen-bond acceptors (Lipinski definition) is 5. The first-order valence-corrected chi connectivity index (χ1v) is 9.97. The first-order chi connectivity index (χ1) is 8.91. The molecule has 110 valence electrons. The van der Waals surface area contributed by atoms with Crippen molar-refractivity contribution in [3.05, 3.63) is 0 Å². The van der Waals surface area contributed by atoms with E-state index in [1.54, 1.807) is 11.8 Å². The van der Waals surface area contributed by atoms with Crippen LogP contribution in [0.25, 0.3) is 0 Å². The molecule has 0 aromatic rings. The number of thioether (sulfide) groups is 1. The highest BCUT2D eigenvalue weighted by Crippen LogP contribution is 2.34. The largest absolute Gasteiger partial charge is 0.299 e. The average Bonchev–Trinajstić information content (AvgIpc) is 2.35. The predicted molar refractivity (Wildman–Crippen MR) is 81.1 cm³/mol. The summed E-state index contributed by atoms with van der Waals surface area (Å²) in [6.07, 6.45) is 6.17. The fourth-order valence-corrected chi connectivity index (χ4v) is 5.06. The third-order valence-corrected chi connectivity index (χ3v) is 5.96. The molecule has 1 N–H and O–H groups in total. The van der Waals surface area contributed by atoms with Crippen LogP contribution in [-0.2, 0) is 9.84 Å². The van der Waals surface area contributed by atoms with Gasteiger partial charge in [-0.15, -0.1) is 0 Å². The second-order valence-corrected chi connectivity index (χ2v) is 9.01. The Balaban J connectivity index is 2.46. The summed E-state index contributed by atoms with van der Waals surface area (Å²) in [5.74, 6) is 0.870. The smallest absolute Gasteiger partial charge is 0.148 e. The number of nitrogens with one attached hydrogen (secondary N) is 1. The molecule has 2 unspecified atom stereocenters. The fraction of sp³-hybridized carbons (Fsp3) is 0.923. The van der Waals surface area contributed by atoms with E-state index >= 15 is 0 Å². The van der Waals surface area contributed by atoms with Crippen LogP contribution in [0.3, 0.4) is 0 Å². The van der Waals surface area contributed by atoms with Crippen molar-refractivity contribution in [2.75, 3.05) is 24.3 Å². The van der Waals surface area contributed by atoms with Crippen molar-refractivity contribution in [1.82, 2.24) is 5.32 Å². The van der Waals surface area contributed by atoms with E-state index in [4.69, 9.17) is 0 Å². The Morgan fingerprint density at radius 1 is 1.53 bits per heavy atom. The number of hydrogen-bond donors (Lipinski definition) is 1. The van der Waals surface area contributed by atoms with Gasteiger partial charge < -0.3 is 0 Å². The van der Waals surface area contributed by atoms with E-state index in [9.17, 15) is 13.7 Å². The van der Waals surface area contributed by atoms with Crippen molar-refractivity contribution in [3.8, 4) is 6.07 Å². The van der Waals surface area contributed by atoms with Crippen LogP contribution in [0.4, 0.5) is 0 Å². The molecule has 0 saturated heterocycles. The third-order valence-electron chi connectivity index (χ3n) is 3.44. The summed E-state index contributed by atoms with van der Waals surface area (Å²) in [6.45, 7) is 2.97. The normalized spacial score (nSPS) is 27.9. The van der Waals surface area contributed by atoms with Crippen LogP contribution in [0, 0.1) is 11.3 Å². The highest BCUT2D eigenvalue weighted by atomic mass is 32.2. The van der Waals surface area contributed by atoms with Gasteiger partial charge in [0, 0.05) is 17.3 Å². The minimum Gasteiger partial charge on any atom is -0.299 e. The molecule has 1 saturated carbocycles. The van der Waals surface area contributed by atoms with Gasteiger partial charge in [-0.25, -0.2) is 8.42 Å². The second-order valence-electron chi connectivity index (χ2n) is 5.34. The molecule has 0 bridgehead atoms. The van der Waals surface area contributed by atoms with E-state index in [1.165, 1.54) is 6.26 Å². The quantitative estimate of drug-likeness (QED) is 0.778. The lowest BCUT2D eigenvalue weighted by atomic mass is 9.82. The van der Waals surface area contributed by atoms with E-state index in [0.717, 1.165) is 38.6 Å². The summed E-state index contributed by atoms with van der Waals surface area (Å²) >= 11 is 1.71. The molecule has 6 heteroatoms. The highest BCUT2D eigenvalue weighted by Gasteiger charge is 2.36. The Labute approximate surface area is 121 Å². The van der Waals surface area contributed by atoms with E-state index in [0.29, 0.717) is 11.0 Å². The van der Waals surface area contributed by atoms with E-state index in [-0.39, 0.29) is 5.75 Å². The average molecular weight is 304 g/mol. The predicted octanol–water partition coefficient (Wildman–Crippen LogP) is 1.97. The molecule has 1 fully saturated rings. The van der Waals surface area contributed by atoms with Crippen LogP contribution in [0.2, 0.25) is 0 Å². The Hall–Kier alpha value is -0.250. The summed E-state index contributed by atoms with van der Waals surface area (Å²) in [4.78, 5) is 0. The Morgan fingerprint density at radius 2 is 2.26 bits per heavy atom. The molecule has 0 radical (unpaired) electrons. The first kappa shape index (κ1) is 16.8. The molecule has 1 aliphatic rings. The molecule has 1 aliphatic carbocycles. The highest BCUT2D eigenvalue weighted by molar-refractivity contribution is 8.01. The number of rotatable bonds is 7. The van der Waals surface area contributed by atoms with Crippen molar-refractivity contribution in [3.63, 3.8) is 0 Å². The van der Waals surface area contributed by atoms with Gasteiger partial charge in [-0.3, -0.25) is 5.32 Å². The van der Waals surface area contributed by atoms with Gasteiger partial charge in [-0.2, -0.15) is 17.0 Å². The van der Waals surface area contributed by atoms with E-state index in [2.05, 4.69) is 18.3 Å². The fourth-order valence-electron chi connectivity index (χ4n) is 2.40. The van der Waals surface area contributed by atoms with Gasteiger partial charge in [0.05, 0.1) is 11.8 Å². The molecular formula is C13H24N2O2S2. The van der Waals surface area contributed by atoms with Crippen LogP contribution in [0.15, 0.2) is 0 Å². The van der Waals surface area contributed by atoms with Crippen LogP contribution >= 0.6 is 11.8 Å². The van der Waals surface area contributed by atoms with Crippen LogP contribution in [0.5, 0.6) is 0 Å². The summed E-state index contributed by atoms with van der Waals surface area (Å²) < 4.78 is 22.2. The van der Waals surface area contributed by atoms with E-state index in [1.807, 2.05) is 0 Å². The Morgan fingerprint density at radius 3 is 2.84 bits per heavy atom. The van der Waals surface area contributed by atoms with E-state index < -0.39 is 15.4 Å². The van der Waals surface area contributed by atoms with Crippen LogP contribution in [-0.4, -0.2) is 43.5 Å². The maximum atomic E-state index is 11.1. The van der Waals surface area contributed by atoms with Gasteiger partial charge >= 0.3 is 0 Å². The SMILES string of the molecule is CCCNC1(C#N)CCCC(SCCS(C)(=O)=O)C1. The van der Waals surface area contributed by atoms with Crippen molar-refractivity contribution in [2.45, 2.75) is 49.8 Å². The topological polar surface area (TPSA) is 70.0 Å². The lowest BCUT2D eigenvalue weighted by Gasteiger charge is -2.36. The maximum Gasteiger partial charge on any atom is 0.148 e. The van der Waals surface area contributed by atoms with Crippen molar-refractivity contribution < 1.29 is 8.42 Å². The number of nitrogens with zero attached hydrogens (tertiary/aromatic N) is 1. The molecule has 0 heterocycles. The number of sulfone groups is 1. The molecule has 0 aromatic carbocycles. The van der Waals surface area contributed by atoms with Crippen LogP contribution < -0.4 is 5.32 Å². The molecule has 1 rings (SSSR count). The van der Waals surface area contributed by atoms with Gasteiger partial charge in [0.15, 0.2) is 0 Å². The van der Waals surface area contributed by atoms with Gasteiger partial charge in [-0.1, -0.05) is 6.92 Å². The van der Waals surface area contributed by atoms with Gasteiger partial charge in [-0.05, 0) is 38.6 Å². The minimum absolute atomic E-state index is 0.232. The molecule has 2 atom stereocenters. The molecule has 0 amide bonds. The monoisotopic (exact) mass is 304 g/mol. The lowest BCUT2D eigenvalue weighted by Crippen LogP contribution is -2.48. The molecule has 0 spiro atoms. The third kappa shape index (κ3) is 6.15. The van der Waals surface area contributed by atoms with Crippen molar-refractivity contribution >= 4 is 21.6 Å². The summed E-state index contributed by atoms with van der Waals surface area (Å²) in [7, 11) is -2.87. The molecule has 0 aliphatic heterocycles. The van der Waals surface area contributed by atoms with Gasteiger partial charge in [0.25, 0.3) is 0 Å². The minimum atomic E-state index is -2.87. The van der Waals surface area contributed by atoms with Gasteiger partial charge in [0.2, 0.25) is 0 Å². The second kappa shape index (κ2) is 7.51. The molecular weight excluding hydrogens is 280 g/mol. The van der Waals surface area contributed by atoms with Crippen LogP contribution in [0.1, 0.15) is 39.0 Å². The van der Waals surface area contributed by atoms with Crippen molar-refractivity contribution in [1.29, 1.82) is 5.26 Å². The lowest BCUT2D eigenvalue weighted by molar-refractivity contribution is 0.305. The standard InChI is InChI=1S/C13H24N2O2S2/c1-3-7-15-13(11-14)6-4-5-12(10-13)18-8-9-19(2,16)17/h12,15H,3-10H2,1-2H3.